The summed E-state index contributed by atoms with van der Waals surface area (Å²) in [4.78, 5) is 18.6. The lowest BCUT2D eigenvalue weighted by atomic mass is 9.75. The Morgan fingerprint density at radius 1 is 1.46 bits per heavy atom. The number of amides is 1. The molecule has 1 N–H and O–H groups in total. The molecule has 2 heterocycles. The average molecular weight is 334 g/mol. The van der Waals surface area contributed by atoms with Crippen LogP contribution in [0.1, 0.15) is 57.3 Å². The van der Waals surface area contributed by atoms with Gasteiger partial charge in [-0.2, -0.15) is 0 Å². The van der Waals surface area contributed by atoms with E-state index in [0.29, 0.717) is 12.5 Å². The van der Waals surface area contributed by atoms with Crippen LogP contribution in [-0.4, -0.2) is 52.2 Å². The average Bonchev–Trinajstić information content (AvgIpc) is 2.93. The summed E-state index contributed by atoms with van der Waals surface area (Å²) >= 11 is 0. The van der Waals surface area contributed by atoms with E-state index in [1.165, 1.54) is 6.42 Å². The maximum absolute atomic E-state index is 12.2. The van der Waals surface area contributed by atoms with Gasteiger partial charge in [0.2, 0.25) is 5.91 Å². The molecule has 1 saturated heterocycles. The van der Waals surface area contributed by atoms with E-state index < -0.39 is 0 Å². The molecule has 0 aromatic carbocycles. The van der Waals surface area contributed by atoms with Gasteiger partial charge in [-0.1, -0.05) is 0 Å². The van der Waals surface area contributed by atoms with Gasteiger partial charge in [-0.25, -0.2) is 4.98 Å². The molecule has 2 fully saturated rings. The highest BCUT2D eigenvalue weighted by atomic mass is 16.5. The van der Waals surface area contributed by atoms with Gasteiger partial charge in [-0.05, 0) is 39.0 Å². The van der Waals surface area contributed by atoms with E-state index in [1.807, 2.05) is 36.9 Å². The summed E-state index contributed by atoms with van der Waals surface area (Å²) in [5, 5.41) is 3.77. The number of nitrogens with one attached hydrogen (secondary N) is 1. The first kappa shape index (κ1) is 17.4. The van der Waals surface area contributed by atoms with Crippen molar-refractivity contribution in [3.63, 3.8) is 0 Å². The molecule has 0 bridgehead atoms. The van der Waals surface area contributed by atoms with Crippen LogP contribution >= 0.6 is 0 Å². The third-order valence-corrected chi connectivity index (χ3v) is 5.86. The number of nitrogens with zero attached hydrogens (tertiary/aromatic N) is 3. The molecule has 1 aromatic rings. The fourth-order valence-corrected chi connectivity index (χ4v) is 4.27. The zero-order valence-corrected chi connectivity index (χ0v) is 15.3. The van der Waals surface area contributed by atoms with Crippen LogP contribution < -0.4 is 5.32 Å². The van der Waals surface area contributed by atoms with Gasteiger partial charge in [0.05, 0.1) is 5.60 Å². The standard InChI is InChI=1S/C18H30N4O2/c1-13(12-18(24-4)8-5-9-18)20-14-6-7-15(23)22(3)16(14)17-19-10-11-21(17)2/h10-11,13-14,16,20H,5-9,12H2,1-4H3/t13?,14-,16-/m1/s1. The Balaban J connectivity index is 1.72. The smallest absolute Gasteiger partial charge is 0.223 e. The van der Waals surface area contributed by atoms with E-state index in [1.54, 1.807) is 6.20 Å². The van der Waals surface area contributed by atoms with Crippen molar-refractivity contribution in [2.45, 2.75) is 69.2 Å². The molecule has 0 radical (unpaired) electrons. The lowest BCUT2D eigenvalue weighted by Crippen LogP contribution is -2.54. The van der Waals surface area contributed by atoms with E-state index in [2.05, 4.69) is 17.2 Å². The number of piperidine rings is 1. The van der Waals surface area contributed by atoms with Gasteiger partial charge in [0.25, 0.3) is 0 Å². The molecule has 6 nitrogen and oxygen atoms in total. The topological polar surface area (TPSA) is 59.4 Å². The number of imidazole rings is 1. The predicted octanol–water partition coefficient (Wildman–Crippen LogP) is 2.02. The van der Waals surface area contributed by atoms with Crippen LogP contribution in [0.5, 0.6) is 0 Å². The summed E-state index contributed by atoms with van der Waals surface area (Å²) in [5.41, 5.74) is 0.0571. The number of carbonyl (C=O) groups is 1. The second-order valence-corrected chi connectivity index (χ2v) is 7.50. The molecule has 6 heteroatoms. The molecule has 1 aliphatic heterocycles. The van der Waals surface area contributed by atoms with Crippen molar-refractivity contribution in [2.75, 3.05) is 14.2 Å². The molecule has 2 aliphatic rings. The highest BCUT2D eigenvalue weighted by molar-refractivity contribution is 5.77. The minimum Gasteiger partial charge on any atom is -0.378 e. The first-order chi connectivity index (χ1) is 11.5. The molecule has 1 aromatic heterocycles. The summed E-state index contributed by atoms with van der Waals surface area (Å²) < 4.78 is 7.78. The highest BCUT2D eigenvalue weighted by Crippen LogP contribution is 2.39. The van der Waals surface area contributed by atoms with Crippen LogP contribution in [-0.2, 0) is 16.6 Å². The minimum absolute atomic E-state index is 0.0198. The lowest BCUT2D eigenvalue weighted by Gasteiger charge is -2.44. The van der Waals surface area contributed by atoms with Gasteiger partial charge < -0.3 is 19.5 Å². The van der Waals surface area contributed by atoms with Gasteiger partial charge in [0.1, 0.15) is 11.9 Å². The SMILES string of the molecule is COC1(CC(C)N[C@@H]2CCC(=O)N(C)[C@H]2c2nccn2C)CCC1. The van der Waals surface area contributed by atoms with Gasteiger partial charge >= 0.3 is 0 Å². The first-order valence-corrected chi connectivity index (χ1v) is 9.00. The fourth-order valence-electron chi connectivity index (χ4n) is 4.27. The van der Waals surface area contributed by atoms with Gasteiger partial charge in [-0.3, -0.25) is 4.79 Å². The Labute approximate surface area is 144 Å². The van der Waals surface area contributed by atoms with E-state index in [9.17, 15) is 4.79 Å². The fraction of sp³-hybridized carbons (Fsp3) is 0.778. The number of hydrogen-bond acceptors (Lipinski definition) is 4. The van der Waals surface area contributed by atoms with Crippen LogP contribution in [0, 0.1) is 0 Å². The third-order valence-electron chi connectivity index (χ3n) is 5.86. The lowest BCUT2D eigenvalue weighted by molar-refractivity contribution is -0.136. The van der Waals surface area contributed by atoms with Crippen molar-refractivity contribution in [1.82, 2.24) is 19.8 Å². The molecule has 3 atom stereocenters. The van der Waals surface area contributed by atoms with Crippen LogP contribution in [0.4, 0.5) is 0 Å². The van der Waals surface area contributed by atoms with E-state index in [4.69, 9.17) is 4.74 Å². The summed E-state index contributed by atoms with van der Waals surface area (Å²) in [6.07, 6.45) is 9.78. The van der Waals surface area contributed by atoms with Crippen LogP contribution in [0.2, 0.25) is 0 Å². The maximum Gasteiger partial charge on any atom is 0.223 e. The summed E-state index contributed by atoms with van der Waals surface area (Å²) in [5.74, 6) is 1.14. The molecule has 3 rings (SSSR count). The molecule has 1 unspecified atom stereocenters. The molecule has 1 amide bonds. The van der Waals surface area contributed by atoms with Crippen molar-refractivity contribution >= 4 is 5.91 Å². The largest absolute Gasteiger partial charge is 0.378 e. The predicted molar refractivity (Wildman–Crippen MR) is 92.5 cm³/mol. The number of carbonyl (C=O) groups excluding carboxylic acids is 1. The number of hydrogen-bond donors (Lipinski definition) is 1. The van der Waals surface area contributed by atoms with E-state index >= 15 is 0 Å². The zero-order chi connectivity index (χ0) is 17.3. The van der Waals surface area contributed by atoms with Gasteiger partial charge in [-0.15, -0.1) is 0 Å². The number of likely N-dealkylation sites (N-methyl/N-ethyl adjacent to an activating group) is 1. The molecule has 24 heavy (non-hydrogen) atoms. The Bertz CT molecular complexity index is 576. The quantitative estimate of drug-likeness (QED) is 0.865. The number of likely N-dealkylation sites (tertiary alicyclic amines) is 1. The van der Waals surface area contributed by atoms with Crippen molar-refractivity contribution in [3.05, 3.63) is 18.2 Å². The van der Waals surface area contributed by atoms with E-state index in [-0.39, 0.29) is 23.6 Å². The van der Waals surface area contributed by atoms with Crippen LogP contribution in [0.3, 0.4) is 0 Å². The number of aryl methyl sites for hydroxylation is 1. The monoisotopic (exact) mass is 334 g/mol. The molecular weight excluding hydrogens is 304 g/mol. The summed E-state index contributed by atoms with van der Waals surface area (Å²) in [7, 11) is 5.71. The number of ether oxygens (including phenoxy) is 1. The molecule has 134 valence electrons. The van der Waals surface area contributed by atoms with Crippen LogP contribution in [0.15, 0.2) is 12.4 Å². The minimum atomic E-state index is -0.0198. The van der Waals surface area contributed by atoms with Crippen molar-refractivity contribution < 1.29 is 9.53 Å². The summed E-state index contributed by atoms with van der Waals surface area (Å²) in [6, 6.07) is 0.547. The summed E-state index contributed by atoms with van der Waals surface area (Å²) in [6.45, 7) is 2.23. The van der Waals surface area contributed by atoms with Gasteiger partial charge in [0.15, 0.2) is 0 Å². The second kappa shape index (κ2) is 6.84. The van der Waals surface area contributed by atoms with Crippen LogP contribution in [0.25, 0.3) is 0 Å². The zero-order valence-electron chi connectivity index (χ0n) is 15.3. The Morgan fingerprint density at radius 2 is 2.21 bits per heavy atom. The van der Waals surface area contributed by atoms with E-state index in [0.717, 1.165) is 31.5 Å². The number of methoxy groups -OCH3 is 1. The van der Waals surface area contributed by atoms with Crippen molar-refractivity contribution in [2.24, 2.45) is 7.05 Å². The van der Waals surface area contributed by atoms with Crippen molar-refractivity contribution in [1.29, 1.82) is 0 Å². The number of aromatic nitrogens is 2. The van der Waals surface area contributed by atoms with Crippen molar-refractivity contribution in [3.8, 4) is 0 Å². The van der Waals surface area contributed by atoms with Gasteiger partial charge in [0, 0.05) is 52.1 Å². The normalized spacial score (nSPS) is 27.8. The molecule has 0 spiro atoms. The first-order valence-electron chi connectivity index (χ1n) is 9.00. The molecule has 1 saturated carbocycles. The highest BCUT2D eigenvalue weighted by Gasteiger charge is 2.41. The third kappa shape index (κ3) is 3.22. The maximum atomic E-state index is 12.2. The second-order valence-electron chi connectivity index (χ2n) is 7.50. The Hall–Kier alpha value is -1.40. The molecule has 1 aliphatic carbocycles. The molecular formula is C18H30N4O2. The number of rotatable bonds is 6. The Kier molecular flexibility index (Phi) is 4.97. The Morgan fingerprint density at radius 3 is 2.75 bits per heavy atom.